The van der Waals surface area contributed by atoms with E-state index >= 15 is 0 Å². The number of nitrogens with zero attached hydrogens (tertiary/aromatic N) is 4. The largest absolute Gasteiger partial charge is 0.508 e. The summed E-state index contributed by atoms with van der Waals surface area (Å²) in [5, 5.41) is 21.8. The summed E-state index contributed by atoms with van der Waals surface area (Å²) in [4.78, 5) is 28.3. The van der Waals surface area contributed by atoms with Crippen molar-refractivity contribution in [3.05, 3.63) is 73.1 Å². The Morgan fingerprint density at radius 2 is 1.92 bits per heavy atom. The van der Waals surface area contributed by atoms with Crippen LogP contribution < -0.4 is 5.32 Å². The zero-order valence-corrected chi connectivity index (χ0v) is 19.6. The molecule has 37 heavy (non-hydrogen) atoms. The number of benzene rings is 1. The number of pyridine rings is 3. The third kappa shape index (κ3) is 4.14. The third-order valence-electron chi connectivity index (χ3n) is 6.07. The van der Waals surface area contributed by atoms with Crippen molar-refractivity contribution in [2.75, 3.05) is 5.32 Å². The number of fused-ring (bicyclic) bond motifs is 2. The molecule has 0 saturated carbocycles. The zero-order chi connectivity index (χ0) is 25.5. The topological polar surface area (TPSA) is 132 Å². The van der Waals surface area contributed by atoms with Crippen molar-refractivity contribution in [2.45, 2.75) is 13.3 Å². The van der Waals surface area contributed by atoms with E-state index in [-0.39, 0.29) is 11.7 Å². The fraction of sp³-hybridized carbons (Fsp3) is 0.0741. The number of hydrogen-bond donors (Lipinski definition) is 4. The second-order valence-corrected chi connectivity index (χ2v) is 8.55. The van der Waals surface area contributed by atoms with Crippen LogP contribution in [0.15, 0.2) is 67.3 Å². The lowest BCUT2D eigenvalue weighted by atomic mass is 10.0. The van der Waals surface area contributed by atoms with Crippen molar-refractivity contribution >= 4 is 33.5 Å². The average Bonchev–Trinajstić information content (AvgIpc) is 3.51. The molecule has 0 saturated heterocycles. The normalized spacial score (nSPS) is 11.3. The molecule has 0 aliphatic rings. The number of hydrogen-bond acceptors (Lipinski definition) is 6. The maximum Gasteiger partial charge on any atom is 0.224 e. The highest BCUT2D eigenvalue weighted by atomic mass is 19.1. The van der Waals surface area contributed by atoms with Gasteiger partial charge < -0.3 is 15.4 Å². The lowest BCUT2D eigenvalue weighted by Crippen LogP contribution is -2.09. The number of nitrogens with one attached hydrogen (secondary N) is 3. The number of aromatic amines is 2. The van der Waals surface area contributed by atoms with E-state index in [1.165, 1.54) is 12.1 Å². The Morgan fingerprint density at radius 1 is 1.03 bits per heavy atom. The summed E-state index contributed by atoms with van der Waals surface area (Å²) in [7, 11) is 0. The predicted molar refractivity (Wildman–Crippen MR) is 138 cm³/mol. The molecule has 5 heterocycles. The number of phenolic OH excluding ortho intramolecular Hbond substituents is 1. The number of carbonyl (C=O) groups is 1. The second kappa shape index (κ2) is 8.83. The molecule has 5 aromatic heterocycles. The first kappa shape index (κ1) is 22.4. The lowest BCUT2D eigenvalue weighted by molar-refractivity contribution is -0.115. The van der Waals surface area contributed by atoms with Gasteiger partial charge in [0.05, 0.1) is 35.0 Å². The number of H-pyrrole nitrogens is 2. The molecule has 0 bridgehead atoms. The predicted octanol–water partition coefficient (Wildman–Crippen LogP) is 5.42. The Bertz CT molecular complexity index is 1790. The molecule has 0 spiro atoms. The molecule has 0 aliphatic heterocycles. The van der Waals surface area contributed by atoms with Crippen LogP contribution in [-0.4, -0.2) is 41.1 Å². The van der Waals surface area contributed by atoms with Gasteiger partial charge >= 0.3 is 0 Å². The number of anilines is 1. The molecular formula is C27H20FN7O2. The molecule has 0 atom stereocenters. The van der Waals surface area contributed by atoms with Crippen LogP contribution in [0.1, 0.15) is 13.3 Å². The van der Waals surface area contributed by atoms with Gasteiger partial charge in [0.2, 0.25) is 5.91 Å². The fourth-order valence-electron chi connectivity index (χ4n) is 4.31. The number of halogens is 1. The van der Waals surface area contributed by atoms with Crippen LogP contribution in [0.25, 0.3) is 55.7 Å². The maximum atomic E-state index is 14.0. The quantitative estimate of drug-likeness (QED) is 0.253. The Kier molecular flexibility index (Phi) is 5.33. The smallest absolute Gasteiger partial charge is 0.224 e. The maximum absolute atomic E-state index is 14.0. The minimum atomic E-state index is -0.526. The highest BCUT2D eigenvalue weighted by Gasteiger charge is 2.16. The van der Waals surface area contributed by atoms with Gasteiger partial charge in [0.15, 0.2) is 0 Å². The molecule has 0 aliphatic carbocycles. The van der Waals surface area contributed by atoms with E-state index in [1.54, 1.807) is 37.8 Å². The molecule has 0 fully saturated rings. The van der Waals surface area contributed by atoms with Crippen LogP contribution in [0, 0.1) is 5.82 Å². The van der Waals surface area contributed by atoms with E-state index in [0.29, 0.717) is 40.4 Å². The van der Waals surface area contributed by atoms with Crippen molar-refractivity contribution in [1.82, 2.24) is 30.1 Å². The highest BCUT2D eigenvalue weighted by molar-refractivity contribution is 6.00. The molecule has 1 amide bonds. The number of rotatable bonds is 5. The van der Waals surface area contributed by atoms with Crippen molar-refractivity contribution in [3.63, 3.8) is 0 Å². The van der Waals surface area contributed by atoms with E-state index < -0.39 is 5.82 Å². The molecule has 0 unspecified atom stereocenters. The Balaban J connectivity index is 1.43. The SMILES string of the molecule is CCC(=O)Nc1cncc(-c2cc3c(-c4cc5c(-c6cc(O)cc(F)c6)ccnc5[nH]4)n[nH]c3cn2)c1. The molecule has 182 valence electrons. The van der Waals surface area contributed by atoms with Crippen LogP contribution in [-0.2, 0) is 4.79 Å². The number of amides is 1. The first-order valence-electron chi connectivity index (χ1n) is 11.6. The number of carbonyl (C=O) groups excluding carboxylic acids is 1. The van der Waals surface area contributed by atoms with Gasteiger partial charge in [-0.3, -0.25) is 19.9 Å². The fourth-order valence-corrected chi connectivity index (χ4v) is 4.31. The van der Waals surface area contributed by atoms with E-state index in [9.17, 15) is 14.3 Å². The van der Waals surface area contributed by atoms with E-state index in [0.717, 1.165) is 33.5 Å². The molecule has 10 heteroatoms. The Hall–Kier alpha value is -5.12. The van der Waals surface area contributed by atoms with Crippen molar-refractivity contribution in [3.8, 4) is 39.5 Å². The van der Waals surface area contributed by atoms with Gasteiger partial charge in [-0.15, -0.1) is 0 Å². The van der Waals surface area contributed by atoms with Crippen LogP contribution in [0.5, 0.6) is 5.75 Å². The van der Waals surface area contributed by atoms with Crippen molar-refractivity contribution < 1.29 is 14.3 Å². The second-order valence-electron chi connectivity index (χ2n) is 8.55. The van der Waals surface area contributed by atoms with Crippen LogP contribution in [0.2, 0.25) is 0 Å². The first-order valence-corrected chi connectivity index (χ1v) is 11.6. The molecule has 9 nitrogen and oxygen atoms in total. The van der Waals surface area contributed by atoms with Crippen LogP contribution >= 0.6 is 0 Å². The molecule has 1 aromatic carbocycles. The summed E-state index contributed by atoms with van der Waals surface area (Å²) < 4.78 is 14.0. The minimum Gasteiger partial charge on any atom is -0.508 e. The Morgan fingerprint density at radius 3 is 2.76 bits per heavy atom. The molecular weight excluding hydrogens is 473 g/mol. The summed E-state index contributed by atoms with van der Waals surface area (Å²) in [5.74, 6) is -0.775. The summed E-state index contributed by atoms with van der Waals surface area (Å²) in [6.07, 6.45) is 6.96. The van der Waals surface area contributed by atoms with Gasteiger partial charge in [-0.1, -0.05) is 6.92 Å². The number of aromatic hydroxyl groups is 1. The van der Waals surface area contributed by atoms with Gasteiger partial charge in [0.1, 0.15) is 22.9 Å². The molecule has 6 rings (SSSR count). The Labute approximate surface area is 209 Å². The first-order chi connectivity index (χ1) is 18.0. The number of aromatic nitrogens is 6. The van der Waals surface area contributed by atoms with Gasteiger partial charge in [-0.25, -0.2) is 9.37 Å². The van der Waals surface area contributed by atoms with Crippen molar-refractivity contribution in [1.29, 1.82) is 0 Å². The monoisotopic (exact) mass is 493 g/mol. The zero-order valence-electron chi connectivity index (χ0n) is 19.6. The molecule has 4 N–H and O–H groups in total. The summed E-state index contributed by atoms with van der Waals surface area (Å²) in [6, 6.07) is 11.3. The average molecular weight is 494 g/mol. The molecule has 6 aromatic rings. The van der Waals surface area contributed by atoms with Gasteiger partial charge in [-0.05, 0) is 47.5 Å². The van der Waals surface area contributed by atoms with E-state index in [4.69, 9.17) is 0 Å². The minimum absolute atomic E-state index is 0.0975. The summed E-state index contributed by atoms with van der Waals surface area (Å²) in [5.41, 5.74) is 5.98. The van der Waals surface area contributed by atoms with Gasteiger partial charge in [0, 0.05) is 41.2 Å². The van der Waals surface area contributed by atoms with Crippen LogP contribution in [0.4, 0.5) is 10.1 Å². The van der Waals surface area contributed by atoms with Gasteiger partial charge in [0.25, 0.3) is 0 Å². The van der Waals surface area contributed by atoms with Crippen molar-refractivity contribution in [2.24, 2.45) is 0 Å². The number of phenols is 1. The van der Waals surface area contributed by atoms with E-state index in [2.05, 4.69) is 35.5 Å². The lowest BCUT2D eigenvalue weighted by Gasteiger charge is -2.06. The van der Waals surface area contributed by atoms with E-state index in [1.807, 2.05) is 18.2 Å². The summed E-state index contributed by atoms with van der Waals surface area (Å²) >= 11 is 0. The molecule has 0 radical (unpaired) electrons. The summed E-state index contributed by atoms with van der Waals surface area (Å²) in [6.45, 7) is 1.78. The van der Waals surface area contributed by atoms with Crippen LogP contribution in [0.3, 0.4) is 0 Å². The highest BCUT2D eigenvalue weighted by Crippen LogP contribution is 2.35. The third-order valence-corrected chi connectivity index (χ3v) is 6.07. The van der Waals surface area contributed by atoms with Gasteiger partial charge in [-0.2, -0.15) is 5.10 Å². The standard InChI is InChI=1S/C27H20FN7O2/c1-2-25(37)32-17-6-15(11-29-12-17)22-10-21-24(13-31-22)34-35-26(21)23-9-20-19(3-4-30-27(20)33-23)14-5-16(28)8-18(36)7-14/h3-13,36H,2H2,1H3,(H,30,33)(H,32,37)(H,34,35).